The monoisotopic (exact) mass is 412 g/mol. The molecule has 3 aromatic rings. The molecule has 1 aromatic heterocycles. The highest BCUT2D eigenvalue weighted by Gasteiger charge is 2.27. The Balaban J connectivity index is 1.73. The maximum atomic E-state index is 13.4. The van der Waals surface area contributed by atoms with Crippen LogP contribution in [0.4, 0.5) is 5.13 Å². The lowest BCUT2D eigenvalue weighted by Crippen LogP contribution is -2.37. The number of nitrogens with zero attached hydrogens (tertiary/aromatic N) is 2. The Morgan fingerprint density at radius 2 is 1.96 bits per heavy atom. The SMILES string of the molecule is CSc1ccc(C(=O)N(CC2CCCO2)c2nc3c(C)ccc(C)c3s2)cc1. The zero-order valence-electron chi connectivity index (χ0n) is 16.4. The topological polar surface area (TPSA) is 42.4 Å². The molecule has 0 spiro atoms. The van der Waals surface area contributed by atoms with Gasteiger partial charge < -0.3 is 4.74 Å². The highest BCUT2D eigenvalue weighted by atomic mass is 32.2. The molecule has 2 aromatic carbocycles. The maximum absolute atomic E-state index is 13.4. The highest BCUT2D eigenvalue weighted by molar-refractivity contribution is 7.98. The standard InChI is InChI=1S/C22H24N2O2S2/c1-14-6-7-15(2)20-19(14)23-22(28-20)24(13-17-5-4-12-26-17)21(25)16-8-10-18(27-3)11-9-16/h6-11,17H,4-5,12-13H2,1-3H3. The molecule has 1 amide bonds. The van der Waals surface area contributed by atoms with Gasteiger partial charge in [0, 0.05) is 17.1 Å². The molecule has 0 saturated carbocycles. The summed E-state index contributed by atoms with van der Waals surface area (Å²) in [5, 5.41) is 0.752. The van der Waals surface area contributed by atoms with Gasteiger partial charge in [0.05, 0.1) is 22.9 Å². The van der Waals surface area contributed by atoms with Crippen LogP contribution in [0.5, 0.6) is 0 Å². The summed E-state index contributed by atoms with van der Waals surface area (Å²) in [4.78, 5) is 21.2. The van der Waals surface area contributed by atoms with Crippen LogP contribution in [0.3, 0.4) is 0 Å². The third-order valence-corrected chi connectivity index (χ3v) is 7.11. The van der Waals surface area contributed by atoms with Crippen molar-refractivity contribution in [2.45, 2.75) is 37.7 Å². The lowest BCUT2D eigenvalue weighted by atomic mass is 10.1. The van der Waals surface area contributed by atoms with Crippen LogP contribution in [-0.4, -0.2) is 36.4 Å². The van der Waals surface area contributed by atoms with Crippen LogP contribution in [0.25, 0.3) is 10.2 Å². The van der Waals surface area contributed by atoms with Crippen molar-refractivity contribution in [3.8, 4) is 0 Å². The Bertz CT molecular complexity index is 953. The molecule has 2 heterocycles. The lowest BCUT2D eigenvalue weighted by molar-refractivity contribution is 0.0917. The van der Waals surface area contributed by atoms with Gasteiger partial charge in [-0.05, 0) is 68.3 Å². The molecule has 4 rings (SSSR count). The second-order valence-corrected chi connectivity index (χ2v) is 9.01. The first kappa shape index (κ1) is 19.4. The quantitative estimate of drug-likeness (QED) is 0.522. The molecule has 0 aliphatic carbocycles. The number of rotatable bonds is 5. The van der Waals surface area contributed by atoms with Gasteiger partial charge in [-0.2, -0.15) is 0 Å². The fraction of sp³-hybridized carbons (Fsp3) is 0.364. The number of fused-ring (bicyclic) bond motifs is 1. The number of thioether (sulfide) groups is 1. The second-order valence-electron chi connectivity index (χ2n) is 7.15. The van der Waals surface area contributed by atoms with Gasteiger partial charge in [-0.15, -0.1) is 11.8 Å². The molecular formula is C22H24N2O2S2. The largest absolute Gasteiger partial charge is 0.376 e. The maximum Gasteiger partial charge on any atom is 0.260 e. The first-order chi connectivity index (χ1) is 13.6. The van der Waals surface area contributed by atoms with E-state index in [0.717, 1.165) is 45.3 Å². The Kier molecular flexibility index (Phi) is 5.71. The van der Waals surface area contributed by atoms with E-state index in [1.807, 2.05) is 35.4 Å². The third kappa shape index (κ3) is 3.81. The summed E-state index contributed by atoms with van der Waals surface area (Å²) in [6, 6.07) is 12.0. The van der Waals surface area contributed by atoms with E-state index in [4.69, 9.17) is 9.72 Å². The molecule has 1 aliphatic heterocycles. The van der Waals surface area contributed by atoms with E-state index in [1.54, 1.807) is 23.1 Å². The van der Waals surface area contributed by atoms with Crippen molar-refractivity contribution in [1.29, 1.82) is 0 Å². The van der Waals surface area contributed by atoms with Crippen molar-refractivity contribution >= 4 is 44.4 Å². The average molecular weight is 413 g/mol. The molecule has 6 heteroatoms. The van der Waals surface area contributed by atoms with Gasteiger partial charge in [0.1, 0.15) is 0 Å². The summed E-state index contributed by atoms with van der Waals surface area (Å²) < 4.78 is 6.98. The molecule has 1 unspecified atom stereocenters. The smallest absolute Gasteiger partial charge is 0.260 e. The predicted octanol–water partition coefficient (Wildman–Crippen LogP) is 5.46. The van der Waals surface area contributed by atoms with Crippen molar-refractivity contribution in [2.24, 2.45) is 0 Å². The number of hydrogen-bond donors (Lipinski definition) is 0. The molecule has 28 heavy (non-hydrogen) atoms. The molecule has 0 bridgehead atoms. The van der Waals surface area contributed by atoms with Crippen LogP contribution < -0.4 is 4.90 Å². The fourth-order valence-corrected chi connectivity index (χ4v) is 5.02. The van der Waals surface area contributed by atoms with Crippen LogP contribution in [-0.2, 0) is 4.74 Å². The van der Waals surface area contributed by atoms with E-state index in [0.29, 0.717) is 12.1 Å². The highest BCUT2D eigenvalue weighted by Crippen LogP contribution is 2.34. The Hall–Kier alpha value is -1.89. The van der Waals surface area contributed by atoms with E-state index in [-0.39, 0.29) is 12.0 Å². The van der Waals surface area contributed by atoms with Gasteiger partial charge >= 0.3 is 0 Å². The molecular weight excluding hydrogens is 388 g/mol. The number of aromatic nitrogens is 1. The van der Waals surface area contributed by atoms with Crippen molar-refractivity contribution in [1.82, 2.24) is 4.98 Å². The Labute approximate surface area is 173 Å². The van der Waals surface area contributed by atoms with E-state index in [9.17, 15) is 4.79 Å². The zero-order chi connectivity index (χ0) is 19.7. The molecule has 0 N–H and O–H groups in total. The van der Waals surface area contributed by atoms with Gasteiger partial charge in [0.2, 0.25) is 0 Å². The summed E-state index contributed by atoms with van der Waals surface area (Å²) in [6.07, 6.45) is 4.14. The van der Waals surface area contributed by atoms with Gasteiger partial charge in [-0.3, -0.25) is 9.69 Å². The number of ether oxygens (including phenoxy) is 1. The Morgan fingerprint density at radius 1 is 1.21 bits per heavy atom. The minimum atomic E-state index is -0.0162. The summed E-state index contributed by atoms with van der Waals surface area (Å²) in [7, 11) is 0. The van der Waals surface area contributed by atoms with Crippen LogP contribution in [0.1, 0.15) is 34.3 Å². The first-order valence-electron chi connectivity index (χ1n) is 9.51. The van der Waals surface area contributed by atoms with E-state index < -0.39 is 0 Å². The molecule has 4 nitrogen and oxygen atoms in total. The molecule has 1 aliphatic rings. The second kappa shape index (κ2) is 8.23. The van der Waals surface area contributed by atoms with Crippen LogP contribution in [0.15, 0.2) is 41.3 Å². The summed E-state index contributed by atoms with van der Waals surface area (Å²) >= 11 is 3.27. The number of thiazole rings is 1. The molecule has 1 fully saturated rings. The predicted molar refractivity (Wildman–Crippen MR) is 118 cm³/mol. The van der Waals surface area contributed by atoms with Crippen LogP contribution in [0, 0.1) is 13.8 Å². The minimum absolute atomic E-state index is 0.0162. The number of benzene rings is 2. The average Bonchev–Trinajstić information content (AvgIpc) is 3.39. The Morgan fingerprint density at radius 3 is 2.61 bits per heavy atom. The van der Waals surface area contributed by atoms with Crippen molar-refractivity contribution in [2.75, 3.05) is 24.3 Å². The van der Waals surface area contributed by atoms with E-state index >= 15 is 0 Å². The molecule has 0 radical (unpaired) electrons. The van der Waals surface area contributed by atoms with E-state index in [2.05, 4.69) is 26.0 Å². The third-order valence-electron chi connectivity index (χ3n) is 5.15. The fourth-order valence-electron chi connectivity index (χ4n) is 3.49. The van der Waals surface area contributed by atoms with E-state index in [1.165, 1.54) is 5.56 Å². The van der Waals surface area contributed by atoms with Gasteiger partial charge in [0.25, 0.3) is 5.91 Å². The number of aryl methyl sites for hydroxylation is 2. The van der Waals surface area contributed by atoms with Gasteiger partial charge in [-0.1, -0.05) is 23.5 Å². The summed E-state index contributed by atoms with van der Waals surface area (Å²) in [5.41, 5.74) is 4.00. The summed E-state index contributed by atoms with van der Waals surface area (Å²) in [5.74, 6) is -0.0162. The van der Waals surface area contributed by atoms with Gasteiger partial charge in [-0.25, -0.2) is 4.98 Å². The normalized spacial score (nSPS) is 16.6. The van der Waals surface area contributed by atoms with Gasteiger partial charge in [0.15, 0.2) is 5.13 Å². The number of hydrogen-bond acceptors (Lipinski definition) is 5. The van der Waals surface area contributed by atoms with Crippen LogP contribution >= 0.6 is 23.1 Å². The molecule has 146 valence electrons. The molecule has 1 atom stereocenters. The zero-order valence-corrected chi connectivity index (χ0v) is 18.0. The van der Waals surface area contributed by atoms with Crippen molar-refractivity contribution in [3.63, 3.8) is 0 Å². The van der Waals surface area contributed by atoms with Crippen LogP contribution in [0.2, 0.25) is 0 Å². The van der Waals surface area contributed by atoms with Crippen molar-refractivity contribution in [3.05, 3.63) is 53.1 Å². The first-order valence-corrected chi connectivity index (χ1v) is 11.5. The number of anilines is 1. The number of amides is 1. The molecule has 1 saturated heterocycles. The number of carbonyl (C=O) groups is 1. The summed E-state index contributed by atoms with van der Waals surface area (Å²) in [6.45, 7) is 5.48. The lowest BCUT2D eigenvalue weighted by Gasteiger charge is -2.23. The number of carbonyl (C=O) groups excluding carboxylic acids is 1. The minimum Gasteiger partial charge on any atom is -0.376 e. The van der Waals surface area contributed by atoms with Crippen molar-refractivity contribution < 1.29 is 9.53 Å².